The first-order valence-electron chi connectivity index (χ1n) is 6.97. The topological polar surface area (TPSA) is 44.5 Å². The first kappa shape index (κ1) is 14.7. The van der Waals surface area contributed by atoms with Crippen molar-refractivity contribution in [2.45, 2.75) is 6.42 Å². The van der Waals surface area contributed by atoms with Gasteiger partial charge in [0.1, 0.15) is 0 Å². The molecule has 0 atom stereocenters. The minimum absolute atomic E-state index is 0.417. The molecule has 22 heavy (non-hydrogen) atoms. The molecule has 0 aromatic heterocycles. The summed E-state index contributed by atoms with van der Waals surface area (Å²) >= 11 is 5.94. The Labute approximate surface area is 134 Å². The predicted molar refractivity (Wildman–Crippen MR) is 86.4 cm³/mol. The highest BCUT2D eigenvalue weighted by atomic mass is 35.5. The summed E-state index contributed by atoms with van der Waals surface area (Å²) in [6.45, 7) is 0.417. The van der Waals surface area contributed by atoms with Crippen molar-refractivity contribution in [3.8, 4) is 11.5 Å². The molecule has 4 nitrogen and oxygen atoms in total. The highest BCUT2D eigenvalue weighted by molar-refractivity contribution is 6.30. The van der Waals surface area contributed by atoms with E-state index in [2.05, 4.69) is 0 Å². The third kappa shape index (κ3) is 2.50. The normalized spacial score (nSPS) is 13.8. The summed E-state index contributed by atoms with van der Waals surface area (Å²) in [6, 6.07) is 11.1. The summed E-state index contributed by atoms with van der Waals surface area (Å²) in [6.07, 6.45) is 0.677. The van der Waals surface area contributed by atoms with Gasteiger partial charge in [0.05, 0.1) is 19.8 Å². The quantitative estimate of drug-likeness (QED) is 0.644. The number of rotatable bonds is 3. The van der Waals surface area contributed by atoms with Crippen LogP contribution in [0.25, 0.3) is 0 Å². The van der Waals surface area contributed by atoms with E-state index in [9.17, 15) is 5.21 Å². The number of halogens is 1. The molecule has 0 bridgehead atoms. The van der Waals surface area contributed by atoms with Crippen LogP contribution in [0.3, 0.4) is 0 Å². The molecule has 1 aliphatic heterocycles. The molecule has 2 aromatic rings. The standard InChI is InChI=1S/C17H16ClNO3/c1-21-15-9-12-7-8-19(20)17(14(12)10-16(15)22-2)11-3-5-13(18)6-4-11/h3-6,9-10H,7-8H2,1-2H3. The maximum absolute atomic E-state index is 12.4. The lowest BCUT2D eigenvalue weighted by molar-refractivity contribution is -0.457. The zero-order valence-electron chi connectivity index (χ0n) is 12.4. The summed E-state index contributed by atoms with van der Waals surface area (Å²) < 4.78 is 11.7. The van der Waals surface area contributed by atoms with Gasteiger partial charge in [0.15, 0.2) is 18.0 Å². The van der Waals surface area contributed by atoms with Crippen LogP contribution in [0.4, 0.5) is 0 Å². The Balaban J connectivity index is 2.18. The van der Waals surface area contributed by atoms with E-state index in [0.29, 0.717) is 35.2 Å². The Morgan fingerprint density at radius 3 is 2.32 bits per heavy atom. The van der Waals surface area contributed by atoms with Crippen LogP contribution < -0.4 is 9.47 Å². The predicted octanol–water partition coefficient (Wildman–Crippen LogP) is 3.26. The van der Waals surface area contributed by atoms with Crippen LogP contribution in [0.15, 0.2) is 36.4 Å². The molecule has 0 fully saturated rings. The third-order valence-electron chi connectivity index (χ3n) is 3.82. The number of fused-ring (bicyclic) bond motifs is 1. The van der Waals surface area contributed by atoms with Gasteiger partial charge in [-0.1, -0.05) is 11.6 Å². The summed E-state index contributed by atoms with van der Waals surface area (Å²) in [7, 11) is 3.20. The SMILES string of the molecule is COc1cc2c(cc1OC)C(c1ccc(Cl)cc1)=[N+]([O-])CC2. The molecule has 0 N–H and O–H groups in total. The number of hydrogen-bond acceptors (Lipinski definition) is 3. The van der Waals surface area contributed by atoms with E-state index < -0.39 is 0 Å². The van der Waals surface area contributed by atoms with E-state index in [0.717, 1.165) is 21.4 Å². The van der Waals surface area contributed by atoms with E-state index >= 15 is 0 Å². The number of benzene rings is 2. The van der Waals surface area contributed by atoms with Gasteiger partial charge in [-0.25, -0.2) is 4.74 Å². The monoisotopic (exact) mass is 317 g/mol. The van der Waals surface area contributed by atoms with Crippen LogP contribution in [0, 0.1) is 5.21 Å². The molecule has 0 amide bonds. The summed E-state index contributed by atoms with van der Waals surface area (Å²) in [5, 5.41) is 13.0. The minimum Gasteiger partial charge on any atom is -0.623 e. The molecule has 0 radical (unpaired) electrons. The maximum Gasteiger partial charge on any atom is 0.226 e. The first-order chi connectivity index (χ1) is 10.6. The molecule has 5 heteroatoms. The zero-order chi connectivity index (χ0) is 15.7. The molecule has 114 valence electrons. The van der Waals surface area contributed by atoms with E-state index in [1.807, 2.05) is 24.3 Å². The molecule has 1 aliphatic rings. The first-order valence-corrected chi connectivity index (χ1v) is 7.34. The van der Waals surface area contributed by atoms with Crippen LogP contribution in [0.2, 0.25) is 5.02 Å². The van der Waals surface area contributed by atoms with Gasteiger partial charge in [0.25, 0.3) is 0 Å². The van der Waals surface area contributed by atoms with Gasteiger partial charge >= 0.3 is 0 Å². The Bertz CT molecular complexity index is 738. The molecule has 0 aliphatic carbocycles. The highest BCUT2D eigenvalue weighted by Crippen LogP contribution is 2.33. The van der Waals surface area contributed by atoms with Crippen LogP contribution >= 0.6 is 11.6 Å². The second kappa shape index (κ2) is 5.89. The van der Waals surface area contributed by atoms with Gasteiger partial charge < -0.3 is 14.7 Å². The van der Waals surface area contributed by atoms with E-state index in [-0.39, 0.29) is 0 Å². The average molecular weight is 318 g/mol. The van der Waals surface area contributed by atoms with Crippen molar-refractivity contribution in [2.24, 2.45) is 0 Å². The fraction of sp³-hybridized carbons (Fsp3) is 0.235. The maximum atomic E-state index is 12.4. The van der Waals surface area contributed by atoms with Gasteiger partial charge in [-0.05, 0) is 42.0 Å². The van der Waals surface area contributed by atoms with Gasteiger partial charge in [0, 0.05) is 17.0 Å². The lowest BCUT2D eigenvalue weighted by atomic mass is 9.92. The summed E-state index contributed by atoms with van der Waals surface area (Å²) in [5.41, 5.74) is 3.43. The van der Waals surface area contributed by atoms with Crippen LogP contribution in [0.1, 0.15) is 16.7 Å². The summed E-state index contributed by atoms with van der Waals surface area (Å²) in [5.74, 6) is 1.29. The Kier molecular flexibility index (Phi) is 3.94. The summed E-state index contributed by atoms with van der Waals surface area (Å²) in [4.78, 5) is 0. The molecule has 2 aromatic carbocycles. The Morgan fingerprint density at radius 1 is 1.05 bits per heavy atom. The van der Waals surface area contributed by atoms with Crippen molar-refractivity contribution in [1.29, 1.82) is 0 Å². The smallest absolute Gasteiger partial charge is 0.226 e. The zero-order valence-corrected chi connectivity index (χ0v) is 13.2. The van der Waals surface area contributed by atoms with E-state index in [1.165, 1.54) is 0 Å². The Hall–Kier alpha value is -2.20. The molecule has 1 heterocycles. The molecule has 3 rings (SSSR count). The Morgan fingerprint density at radius 2 is 1.68 bits per heavy atom. The van der Waals surface area contributed by atoms with Crippen molar-refractivity contribution >= 4 is 17.3 Å². The van der Waals surface area contributed by atoms with E-state index in [1.54, 1.807) is 26.4 Å². The molecule has 0 unspecified atom stereocenters. The van der Waals surface area contributed by atoms with Gasteiger partial charge in [0.2, 0.25) is 5.71 Å². The van der Waals surface area contributed by atoms with Crippen molar-refractivity contribution in [2.75, 3.05) is 20.8 Å². The molecule has 0 spiro atoms. The minimum atomic E-state index is 0.417. The molecule has 0 saturated heterocycles. The number of nitrogens with zero attached hydrogens (tertiary/aromatic N) is 1. The van der Waals surface area contributed by atoms with Crippen molar-refractivity contribution in [1.82, 2.24) is 0 Å². The second-order valence-electron chi connectivity index (χ2n) is 5.07. The van der Waals surface area contributed by atoms with E-state index in [4.69, 9.17) is 21.1 Å². The van der Waals surface area contributed by atoms with Crippen molar-refractivity contribution in [3.63, 3.8) is 0 Å². The fourth-order valence-electron chi connectivity index (χ4n) is 2.72. The largest absolute Gasteiger partial charge is 0.623 e. The van der Waals surface area contributed by atoms with Crippen molar-refractivity contribution < 1.29 is 14.2 Å². The number of ether oxygens (including phenoxy) is 2. The molecular weight excluding hydrogens is 302 g/mol. The second-order valence-corrected chi connectivity index (χ2v) is 5.51. The molecule has 0 saturated carbocycles. The van der Waals surface area contributed by atoms with Gasteiger partial charge in [-0.3, -0.25) is 0 Å². The van der Waals surface area contributed by atoms with Gasteiger partial charge in [-0.2, -0.15) is 0 Å². The number of hydrogen-bond donors (Lipinski definition) is 0. The number of methoxy groups -OCH3 is 2. The van der Waals surface area contributed by atoms with Crippen LogP contribution in [-0.2, 0) is 6.42 Å². The fourth-order valence-corrected chi connectivity index (χ4v) is 2.85. The van der Waals surface area contributed by atoms with Crippen LogP contribution in [-0.4, -0.2) is 31.2 Å². The molecular formula is C17H16ClNO3. The van der Waals surface area contributed by atoms with Gasteiger partial charge in [-0.15, -0.1) is 0 Å². The average Bonchev–Trinajstić information content (AvgIpc) is 2.54. The van der Waals surface area contributed by atoms with Crippen molar-refractivity contribution in [3.05, 3.63) is 63.3 Å². The third-order valence-corrected chi connectivity index (χ3v) is 4.07. The number of hydroxylamine groups is 1. The lowest BCUT2D eigenvalue weighted by Crippen LogP contribution is -2.27. The highest BCUT2D eigenvalue weighted by Gasteiger charge is 2.26. The lowest BCUT2D eigenvalue weighted by Gasteiger charge is -2.21. The van der Waals surface area contributed by atoms with Crippen LogP contribution in [0.5, 0.6) is 11.5 Å².